The summed E-state index contributed by atoms with van der Waals surface area (Å²) < 4.78 is 0. The van der Waals surface area contributed by atoms with Gasteiger partial charge in [-0.3, -0.25) is 9.59 Å². The summed E-state index contributed by atoms with van der Waals surface area (Å²) in [7, 11) is 0. The van der Waals surface area contributed by atoms with E-state index in [9.17, 15) is 9.59 Å². The zero-order valence-corrected chi connectivity index (χ0v) is 11.3. The number of aromatic nitrogens is 1. The monoisotopic (exact) mass is 286 g/mol. The highest BCUT2D eigenvalue weighted by Gasteiger charge is 2.12. The first kappa shape index (κ1) is 14.3. The maximum absolute atomic E-state index is 12.1. The molecule has 1 amide bonds. The average molecular weight is 286 g/mol. The molecule has 0 radical (unpaired) electrons. The topological polar surface area (TPSA) is 121 Å². The van der Waals surface area contributed by atoms with Crippen LogP contribution in [0.2, 0.25) is 0 Å². The third-order valence-electron chi connectivity index (χ3n) is 2.96. The van der Waals surface area contributed by atoms with Gasteiger partial charge < -0.3 is 21.2 Å². The molecule has 0 fully saturated rings. The molecule has 7 heteroatoms. The molecule has 0 aliphatic rings. The van der Waals surface area contributed by atoms with Crippen LogP contribution in [0.4, 0.5) is 5.69 Å². The lowest BCUT2D eigenvalue weighted by Crippen LogP contribution is -2.21. The lowest BCUT2D eigenvalue weighted by molar-refractivity contribution is 0.102. The summed E-state index contributed by atoms with van der Waals surface area (Å²) in [5, 5.41) is 14.2. The van der Waals surface area contributed by atoms with Crippen molar-refractivity contribution in [2.24, 2.45) is 10.9 Å². The first-order chi connectivity index (χ1) is 10.0. The highest BCUT2D eigenvalue weighted by Crippen LogP contribution is 2.17. The number of pyridine rings is 1. The number of hydrogen-bond acceptors (Lipinski definition) is 4. The van der Waals surface area contributed by atoms with Crippen LogP contribution in [-0.2, 0) is 0 Å². The van der Waals surface area contributed by atoms with Crippen molar-refractivity contribution in [1.82, 2.24) is 4.98 Å². The van der Waals surface area contributed by atoms with E-state index in [1.807, 2.05) is 0 Å². The Labute approximate surface area is 120 Å². The molecule has 21 heavy (non-hydrogen) atoms. The van der Waals surface area contributed by atoms with Crippen molar-refractivity contribution in [1.29, 1.82) is 0 Å². The Morgan fingerprint density at radius 2 is 2.14 bits per heavy atom. The zero-order valence-electron chi connectivity index (χ0n) is 11.3. The summed E-state index contributed by atoms with van der Waals surface area (Å²) in [6.45, 7) is 1.79. The van der Waals surface area contributed by atoms with Gasteiger partial charge in [0, 0.05) is 29.7 Å². The molecule has 0 saturated carbocycles. The smallest absolute Gasteiger partial charge is 0.261 e. The number of nitrogens with two attached hydrogens (primary N) is 1. The Hall–Kier alpha value is -3.09. The minimum atomic E-state index is -0.531. The van der Waals surface area contributed by atoms with E-state index in [0.717, 1.165) is 5.56 Å². The molecule has 0 aliphatic carbocycles. The number of H-pyrrole nitrogens is 1. The van der Waals surface area contributed by atoms with Gasteiger partial charge in [0.2, 0.25) is 0 Å². The van der Waals surface area contributed by atoms with Crippen LogP contribution in [-0.4, -0.2) is 21.9 Å². The second-order valence-electron chi connectivity index (χ2n) is 4.39. The second-order valence-corrected chi connectivity index (χ2v) is 4.39. The Balaban J connectivity index is 2.33. The molecule has 2 aromatic rings. The highest BCUT2D eigenvalue weighted by atomic mass is 16.4. The van der Waals surface area contributed by atoms with Gasteiger partial charge in [0.05, 0.1) is 0 Å². The van der Waals surface area contributed by atoms with Crippen molar-refractivity contribution in [3.63, 3.8) is 0 Å². The van der Waals surface area contributed by atoms with Gasteiger partial charge in [0.1, 0.15) is 5.56 Å². The van der Waals surface area contributed by atoms with E-state index in [1.54, 1.807) is 25.1 Å². The van der Waals surface area contributed by atoms with Crippen LogP contribution >= 0.6 is 0 Å². The summed E-state index contributed by atoms with van der Waals surface area (Å²) in [5.74, 6) is -0.598. The molecule has 0 atom stereocenters. The number of nitrogens with zero attached hydrogens (tertiary/aromatic N) is 1. The summed E-state index contributed by atoms with van der Waals surface area (Å²) >= 11 is 0. The minimum absolute atomic E-state index is 0.00565. The van der Waals surface area contributed by atoms with Gasteiger partial charge in [0.15, 0.2) is 11.3 Å². The molecular weight excluding hydrogens is 272 g/mol. The molecule has 0 spiro atoms. The molecule has 0 unspecified atom stereocenters. The zero-order chi connectivity index (χ0) is 15.4. The lowest BCUT2D eigenvalue weighted by Gasteiger charge is -2.10. The van der Waals surface area contributed by atoms with Crippen LogP contribution in [0, 0.1) is 6.92 Å². The molecular formula is C14H14N4O3. The molecule has 0 aliphatic heterocycles. The van der Waals surface area contributed by atoms with Gasteiger partial charge in [-0.2, -0.15) is 0 Å². The van der Waals surface area contributed by atoms with Gasteiger partial charge in [-0.25, -0.2) is 0 Å². The second kappa shape index (κ2) is 5.91. The van der Waals surface area contributed by atoms with Gasteiger partial charge in [-0.15, -0.1) is 0 Å². The Morgan fingerprint density at radius 3 is 2.81 bits per heavy atom. The van der Waals surface area contributed by atoms with Crippen molar-refractivity contribution in [3.8, 4) is 0 Å². The maximum atomic E-state index is 12.1. The predicted octanol–water partition coefficient (Wildman–Crippen LogP) is 1.03. The van der Waals surface area contributed by atoms with Crippen molar-refractivity contribution >= 4 is 17.4 Å². The Morgan fingerprint density at radius 1 is 1.38 bits per heavy atom. The molecule has 1 aromatic heterocycles. The number of oxime groups is 1. The number of aromatic amines is 1. The van der Waals surface area contributed by atoms with Crippen LogP contribution in [0.15, 0.2) is 46.6 Å². The molecule has 1 heterocycles. The predicted molar refractivity (Wildman–Crippen MR) is 78.7 cm³/mol. The van der Waals surface area contributed by atoms with E-state index in [0.29, 0.717) is 11.3 Å². The highest BCUT2D eigenvalue weighted by molar-refractivity contribution is 6.05. The first-order valence-corrected chi connectivity index (χ1v) is 6.10. The van der Waals surface area contributed by atoms with E-state index in [2.05, 4.69) is 15.5 Å². The first-order valence-electron chi connectivity index (χ1n) is 6.10. The van der Waals surface area contributed by atoms with Crippen molar-refractivity contribution < 1.29 is 10.0 Å². The fraction of sp³-hybridized carbons (Fsp3) is 0.0714. The number of aryl methyl sites for hydroxylation is 1. The number of hydrogen-bond donors (Lipinski definition) is 4. The fourth-order valence-electron chi connectivity index (χ4n) is 1.76. The molecule has 108 valence electrons. The van der Waals surface area contributed by atoms with Crippen molar-refractivity contribution in [3.05, 3.63) is 63.6 Å². The van der Waals surface area contributed by atoms with Crippen molar-refractivity contribution in [2.75, 3.05) is 5.32 Å². The summed E-state index contributed by atoms with van der Waals surface area (Å²) in [6, 6.07) is 6.22. The van der Waals surface area contributed by atoms with Gasteiger partial charge in [-0.05, 0) is 18.6 Å². The minimum Gasteiger partial charge on any atom is -0.409 e. The number of amides is 1. The Bertz CT molecular complexity index is 765. The largest absolute Gasteiger partial charge is 0.409 e. The summed E-state index contributed by atoms with van der Waals surface area (Å²) in [5.41, 5.74) is 6.86. The molecule has 0 saturated heterocycles. The quantitative estimate of drug-likeness (QED) is 0.291. The fourth-order valence-corrected chi connectivity index (χ4v) is 1.76. The van der Waals surface area contributed by atoms with E-state index in [-0.39, 0.29) is 16.8 Å². The molecule has 7 nitrogen and oxygen atoms in total. The molecule has 2 rings (SSSR count). The number of rotatable bonds is 3. The number of carbonyl (C=O) groups is 1. The SMILES string of the molecule is Cc1ccc(/C(N)=N/O)cc1NC(=O)c1c[nH]ccc1=O. The third-order valence-corrected chi connectivity index (χ3v) is 2.96. The number of anilines is 1. The Kier molecular flexibility index (Phi) is 4.03. The van der Waals surface area contributed by atoms with E-state index in [1.165, 1.54) is 18.5 Å². The van der Waals surface area contributed by atoms with E-state index >= 15 is 0 Å². The van der Waals surface area contributed by atoms with Gasteiger partial charge in [-0.1, -0.05) is 17.3 Å². The van der Waals surface area contributed by atoms with Crippen LogP contribution in [0.1, 0.15) is 21.5 Å². The van der Waals surface area contributed by atoms with Crippen LogP contribution in [0.5, 0.6) is 0 Å². The lowest BCUT2D eigenvalue weighted by atomic mass is 10.1. The van der Waals surface area contributed by atoms with E-state index in [4.69, 9.17) is 10.9 Å². The maximum Gasteiger partial charge on any atom is 0.261 e. The number of nitrogens with one attached hydrogen (secondary N) is 2. The molecule has 1 aromatic carbocycles. The van der Waals surface area contributed by atoms with Crippen LogP contribution in [0.3, 0.4) is 0 Å². The van der Waals surface area contributed by atoms with Crippen LogP contribution < -0.4 is 16.5 Å². The summed E-state index contributed by atoms with van der Waals surface area (Å²) in [6.07, 6.45) is 2.78. The average Bonchev–Trinajstić information content (AvgIpc) is 2.49. The third kappa shape index (κ3) is 3.08. The summed E-state index contributed by atoms with van der Waals surface area (Å²) in [4.78, 5) is 26.4. The molecule has 0 bridgehead atoms. The van der Waals surface area contributed by atoms with E-state index < -0.39 is 5.91 Å². The normalized spacial score (nSPS) is 11.2. The van der Waals surface area contributed by atoms with Crippen LogP contribution in [0.25, 0.3) is 0 Å². The van der Waals surface area contributed by atoms with Gasteiger partial charge >= 0.3 is 0 Å². The molecule has 5 N–H and O–H groups in total. The van der Waals surface area contributed by atoms with Gasteiger partial charge in [0.25, 0.3) is 5.91 Å². The number of amidine groups is 1. The number of carbonyl (C=O) groups excluding carboxylic acids is 1. The number of benzene rings is 1. The van der Waals surface area contributed by atoms with Crippen molar-refractivity contribution in [2.45, 2.75) is 6.92 Å². The standard InChI is InChI=1S/C14H14N4O3/c1-8-2-3-9(13(15)18-21)6-11(8)17-14(20)10-7-16-5-4-12(10)19/h2-7,21H,1H3,(H2,15,18)(H,16,19)(H,17,20).